The highest BCUT2D eigenvalue weighted by Gasteiger charge is 2.34. The number of fused-ring (bicyclic) bond motifs is 1. The van der Waals surface area contributed by atoms with E-state index >= 15 is 0 Å². The molecule has 1 heterocycles. The third-order valence-electron chi connectivity index (χ3n) is 5.53. The van der Waals surface area contributed by atoms with Crippen molar-refractivity contribution < 1.29 is 36.9 Å². The van der Waals surface area contributed by atoms with Crippen molar-refractivity contribution in [2.75, 3.05) is 31.7 Å². The number of nitro groups is 1. The second-order valence-corrected chi connectivity index (χ2v) is 11.9. The fourth-order valence-electron chi connectivity index (χ4n) is 4.02. The van der Waals surface area contributed by atoms with Gasteiger partial charge in [0.05, 0.1) is 53.7 Å². The maximum Gasteiger partial charge on any atom is 0.362 e. The van der Waals surface area contributed by atoms with Crippen LogP contribution in [-0.4, -0.2) is 42.2 Å². The summed E-state index contributed by atoms with van der Waals surface area (Å²) in [5, 5.41) is 15.0. The van der Waals surface area contributed by atoms with Crippen LogP contribution in [0.1, 0.15) is 43.7 Å². The Labute approximate surface area is 220 Å². The Morgan fingerprint density at radius 2 is 1.47 bits per heavy atom. The maximum atomic E-state index is 13.9. The molecule has 3 aromatic rings. The van der Waals surface area contributed by atoms with Crippen molar-refractivity contribution in [3.63, 3.8) is 0 Å². The molecule has 0 aliphatic rings. The highest BCUT2D eigenvalue weighted by Crippen LogP contribution is 2.52. The van der Waals surface area contributed by atoms with Gasteiger partial charge in [-0.15, -0.1) is 0 Å². The first-order valence-electron chi connectivity index (χ1n) is 12.0. The molecule has 0 unspecified atom stereocenters. The van der Waals surface area contributed by atoms with E-state index in [1.54, 1.807) is 52.0 Å². The second-order valence-electron chi connectivity index (χ2n) is 7.92. The van der Waals surface area contributed by atoms with Crippen LogP contribution in [0.25, 0.3) is 10.8 Å². The number of benzene rings is 2. The highest BCUT2D eigenvalue weighted by atomic mass is 31.2. The lowest BCUT2D eigenvalue weighted by atomic mass is 10.1. The summed E-state index contributed by atoms with van der Waals surface area (Å²) < 4.78 is 50.0. The minimum Gasteiger partial charge on any atom is -0.351 e. The van der Waals surface area contributed by atoms with Crippen molar-refractivity contribution >= 4 is 53.9 Å². The minimum atomic E-state index is -3.90. The molecule has 0 fully saturated rings. The van der Waals surface area contributed by atoms with Gasteiger partial charge in [-0.2, -0.15) is 0 Å². The van der Waals surface area contributed by atoms with Crippen LogP contribution in [0.4, 0.5) is 11.4 Å². The van der Waals surface area contributed by atoms with Crippen molar-refractivity contribution in [2.24, 2.45) is 0 Å². The molecule has 14 heteroatoms. The summed E-state index contributed by atoms with van der Waals surface area (Å²) in [4.78, 5) is 26.4. The first-order chi connectivity index (χ1) is 18.0. The van der Waals surface area contributed by atoms with Gasteiger partial charge in [0.25, 0.3) is 11.6 Å². The largest absolute Gasteiger partial charge is 0.362 e. The molecule has 0 aliphatic heterocycles. The smallest absolute Gasteiger partial charge is 0.351 e. The zero-order valence-electron chi connectivity index (χ0n) is 21.8. The van der Waals surface area contributed by atoms with E-state index in [1.807, 2.05) is 0 Å². The van der Waals surface area contributed by atoms with Gasteiger partial charge in [-0.1, -0.05) is 12.1 Å². The second kappa shape index (κ2) is 12.3. The number of hydrogen-bond acceptors (Lipinski definition) is 9. The van der Waals surface area contributed by atoms with Crippen LogP contribution < -0.4 is 15.9 Å². The van der Waals surface area contributed by atoms with Crippen molar-refractivity contribution in [1.82, 2.24) is 4.98 Å². The Balaban J connectivity index is 2.28. The summed E-state index contributed by atoms with van der Waals surface area (Å²) in [5.41, 5.74) is 0.0726. The third kappa shape index (κ3) is 5.91. The summed E-state index contributed by atoms with van der Waals surface area (Å²) in [5.74, 6) is -0.668. The Morgan fingerprint density at radius 1 is 0.921 bits per heavy atom. The molecule has 0 aliphatic carbocycles. The monoisotopic (exact) mass is 567 g/mol. The molecular weight excluding hydrogens is 536 g/mol. The molecule has 0 saturated carbocycles. The van der Waals surface area contributed by atoms with Crippen molar-refractivity contribution in [2.45, 2.75) is 34.6 Å². The van der Waals surface area contributed by atoms with Crippen LogP contribution in [0, 0.1) is 17.0 Å². The molecule has 0 bridgehead atoms. The Bertz CT molecular complexity index is 1420. The van der Waals surface area contributed by atoms with E-state index in [4.69, 9.17) is 18.1 Å². The molecule has 2 N–H and O–H groups in total. The number of H-pyrrole nitrogens is 1. The minimum absolute atomic E-state index is 0.0151. The molecular formula is C24H31N3O9P2. The van der Waals surface area contributed by atoms with Gasteiger partial charge in [0.2, 0.25) is 0 Å². The number of anilines is 1. The highest BCUT2D eigenvalue weighted by molar-refractivity contribution is 7.63. The summed E-state index contributed by atoms with van der Waals surface area (Å²) in [6.45, 7) is 8.54. The van der Waals surface area contributed by atoms with Gasteiger partial charge >= 0.3 is 15.2 Å². The van der Waals surface area contributed by atoms with Gasteiger partial charge in [-0.25, -0.2) is 0 Å². The lowest BCUT2D eigenvalue weighted by Crippen LogP contribution is -2.20. The number of nitrogens with zero attached hydrogens (tertiary/aromatic N) is 1. The first kappa shape index (κ1) is 29.7. The fourth-order valence-corrected chi connectivity index (χ4v) is 7.63. The van der Waals surface area contributed by atoms with E-state index < -0.39 is 26.0 Å². The topological polar surface area (TPSA) is 159 Å². The molecule has 38 heavy (non-hydrogen) atoms. The molecule has 206 valence electrons. The van der Waals surface area contributed by atoms with Gasteiger partial charge in [0.1, 0.15) is 5.69 Å². The van der Waals surface area contributed by atoms with E-state index in [0.717, 1.165) is 6.20 Å². The van der Waals surface area contributed by atoms with Crippen molar-refractivity contribution in [3.05, 3.63) is 57.9 Å². The van der Waals surface area contributed by atoms with Crippen LogP contribution in [0.5, 0.6) is 0 Å². The number of rotatable bonds is 13. The van der Waals surface area contributed by atoms with Crippen LogP contribution in [-0.2, 0) is 27.2 Å². The molecule has 3 rings (SSSR count). The number of carbonyl (C=O) groups is 1. The normalized spacial score (nSPS) is 12.1. The van der Waals surface area contributed by atoms with Gasteiger partial charge in [0, 0.05) is 11.1 Å². The number of aromatic nitrogens is 1. The Kier molecular flexibility index (Phi) is 9.64. The van der Waals surface area contributed by atoms with Gasteiger partial charge < -0.3 is 28.4 Å². The van der Waals surface area contributed by atoms with E-state index in [1.165, 1.54) is 13.0 Å². The quantitative estimate of drug-likeness (QED) is 0.156. The number of aromatic amines is 1. The summed E-state index contributed by atoms with van der Waals surface area (Å²) >= 11 is 0. The molecule has 0 saturated heterocycles. The van der Waals surface area contributed by atoms with Crippen molar-refractivity contribution in [3.8, 4) is 0 Å². The lowest BCUT2D eigenvalue weighted by molar-refractivity contribution is -0.385. The average molecular weight is 567 g/mol. The van der Waals surface area contributed by atoms with Crippen LogP contribution in [0.15, 0.2) is 36.5 Å². The molecule has 0 atom stereocenters. The molecule has 2 aromatic carbocycles. The first-order valence-corrected chi connectivity index (χ1v) is 15.1. The summed E-state index contributed by atoms with van der Waals surface area (Å²) in [6.07, 6.45) is 1.13. The van der Waals surface area contributed by atoms with Crippen LogP contribution >= 0.6 is 15.2 Å². The molecule has 1 amide bonds. The maximum absolute atomic E-state index is 13.9. The lowest BCUT2D eigenvalue weighted by Gasteiger charge is -2.23. The summed E-state index contributed by atoms with van der Waals surface area (Å²) in [6, 6.07) is 7.88. The zero-order chi connectivity index (χ0) is 28.1. The van der Waals surface area contributed by atoms with E-state index in [-0.39, 0.29) is 59.7 Å². The van der Waals surface area contributed by atoms with Gasteiger partial charge in [-0.05, 0) is 58.2 Å². The predicted octanol–water partition coefficient (Wildman–Crippen LogP) is 5.42. The number of hydrogen-bond donors (Lipinski definition) is 2. The summed E-state index contributed by atoms with van der Waals surface area (Å²) in [7, 11) is -7.71. The average Bonchev–Trinajstić information content (AvgIpc) is 3.25. The van der Waals surface area contributed by atoms with Gasteiger partial charge in [0.15, 0.2) is 0 Å². The molecule has 12 nitrogen and oxygen atoms in total. The van der Waals surface area contributed by atoms with E-state index in [0.29, 0.717) is 10.8 Å². The molecule has 0 radical (unpaired) electrons. The molecule has 0 spiro atoms. The number of amides is 1. The number of nitrogens with one attached hydrogen (secondary N) is 2. The van der Waals surface area contributed by atoms with Gasteiger partial charge in [-0.3, -0.25) is 24.0 Å². The van der Waals surface area contributed by atoms with E-state index in [9.17, 15) is 24.0 Å². The molecule has 1 aromatic heterocycles. The van der Waals surface area contributed by atoms with Crippen molar-refractivity contribution in [1.29, 1.82) is 0 Å². The van der Waals surface area contributed by atoms with Crippen LogP contribution in [0.3, 0.4) is 0 Å². The third-order valence-corrected chi connectivity index (χ3v) is 9.86. The Hall–Kier alpha value is -2.85. The number of carbonyl (C=O) groups excluding carboxylic acids is 1. The zero-order valence-corrected chi connectivity index (χ0v) is 23.6. The Morgan fingerprint density at radius 3 is 1.97 bits per heavy atom. The standard InChI is InChI=1S/C24H31N3O9P2/c1-6-33-37(31,34-7-2)21-12-10-11-18-19(21)13-17(14-22(18)38(32,35-8-3)36-9-4)26-24(28)23-16(5)20(15-25-23)27(29)30/h10-15,25H,6-9H2,1-5H3,(H,26,28). The van der Waals surface area contributed by atoms with E-state index in [2.05, 4.69) is 10.3 Å². The predicted molar refractivity (Wildman–Crippen MR) is 145 cm³/mol. The SMILES string of the molecule is CCOP(=O)(OCC)c1cc(NC(=O)c2[nH]cc([N+](=O)[O-])c2C)cc2c(P(=O)(OCC)OCC)cccc12. The fraction of sp³-hybridized carbons (Fsp3) is 0.375. The van der Waals surface area contributed by atoms with Crippen LogP contribution in [0.2, 0.25) is 0 Å².